The van der Waals surface area contributed by atoms with Crippen LogP contribution in [0.2, 0.25) is 0 Å². The van der Waals surface area contributed by atoms with Crippen LogP contribution in [0.1, 0.15) is 15.3 Å². The van der Waals surface area contributed by atoms with E-state index >= 15 is 0 Å². The molecule has 1 unspecified atom stereocenters. The second-order valence-corrected chi connectivity index (χ2v) is 5.81. The van der Waals surface area contributed by atoms with Gasteiger partial charge in [-0.2, -0.15) is 0 Å². The lowest BCUT2D eigenvalue weighted by Crippen LogP contribution is -2.00. The van der Waals surface area contributed by atoms with Crippen LogP contribution in [0.15, 0.2) is 23.6 Å². The minimum Gasteiger partial charge on any atom is -0.496 e. The zero-order valence-electron chi connectivity index (χ0n) is 11.3. The summed E-state index contributed by atoms with van der Waals surface area (Å²) < 4.78 is 29.8. The molecule has 1 heterocycles. The Hall–Kier alpha value is -1.27. The number of benzene rings is 1. The lowest BCUT2D eigenvalue weighted by atomic mass is 10.1. The van der Waals surface area contributed by atoms with E-state index in [0.717, 1.165) is 10.6 Å². The highest BCUT2D eigenvalue weighted by Crippen LogP contribution is 2.43. The first-order chi connectivity index (χ1) is 9.62. The molecule has 2 aromatic rings. The van der Waals surface area contributed by atoms with Gasteiger partial charge in [-0.3, -0.25) is 0 Å². The van der Waals surface area contributed by atoms with Crippen molar-refractivity contribution in [1.29, 1.82) is 0 Å². The Labute approximate surface area is 129 Å². The summed E-state index contributed by atoms with van der Waals surface area (Å²) in [6.07, 6.45) is 0. The third-order valence-corrected chi connectivity index (χ3v) is 5.10. The maximum absolute atomic E-state index is 14.2. The van der Waals surface area contributed by atoms with Gasteiger partial charge in [0, 0.05) is 11.6 Å². The molecule has 1 atom stereocenters. The van der Waals surface area contributed by atoms with Crippen molar-refractivity contribution in [1.82, 2.24) is 0 Å². The van der Waals surface area contributed by atoms with Gasteiger partial charge in [0.15, 0.2) is 11.5 Å². The molecule has 0 aliphatic rings. The van der Waals surface area contributed by atoms with Crippen LogP contribution >= 0.6 is 27.3 Å². The smallest absolute Gasteiger partial charge is 0.163 e. The number of ether oxygens (including phenoxy) is 3. The highest BCUT2D eigenvalue weighted by atomic mass is 79.9. The normalized spacial score (nSPS) is 12.1. The lowest BCUT2D eigenvalue weighted by molar-refractivity contribution is 0.351. The zero-order valence-corrected chi connectivity index (χ0v) is 13.7. The molecule has 1 aromatic carbocycles. The summed E-state index contributed by atoms with van der Waals surface area (Å²) >= 11 is 5.02. The molecule has 6 heteroatoms. The topological polar surface area (TPSA) is 27.7 Å². The summed E-state index contributed by atoms with van der Waals surface area (Å²) in [6, 6.07) is 4.81. The fraction of sp³-hybridized carbons (Fsp3) is 0.286. The fourth-order valence-electron chi connectivity index (χ4n) is 1.87. The van der Waals surface area contributed by atoms with Crippen molar-refractivity contribution in [3.05, 3.63) is 39.8 Å². The molecule has 0 saturated heterocycles. The van der Waals surface area contributed by atoms with Gasteiger partial charge < -0.3 is 14.2 Å². The van der Waals surface area contributed by atoms with Crippen LogP contribution in [0, 0.1) is 5.82 Å². The number of rotatable bonds is 5. The Kier molecular flexibility index (Phi) is 4.88. The molecule has 0 radical (unpaired) electrons. The molecule has 1 aromatic heterocycles. The van der Waals surface area contributed by atoms with Crippen LogP contribution in [-0.2, 0) is 0 Å². The molecule has 0 N–H and O–H groups in total. The summed E-state index contributed by atoms with van der Waals surface area (Å²) in [5, 5.41) is 1.90. The molecule has 0 amide bonds. The maximum Gasteiger partial charge on any atom is 0.163 e. The van der Waals surface area contributed by atoms with E-state index in [1.165, 1.54) is 31.6 Å². The average Bonchev–Trinajstić information content (AvgIpc) is 2.94. The van der Waals surface area contributed by atoms with Crippen LogP contribution in [0.3, 0.4) is 0 Å². The molecule has 0 saturated carbocycles. The number of halogens is 2. The van der Waals surface area contributed by atoms with E-state index in [2.05, 4.69) is 15.9 Å². The number of methoxy groups -OCH3 is 3. The largest absolute Gasteiger partial charge is 0.496 e. The Bertz CT molecular complexity index is 600. The van der Waals surface area contributed by atoms with Gasteiger partial charge in [0.2, 0.25) is 0 Å². The SMILES string of the molecule is COc1cc(F)c(C(Br)c2sccc2OC)cc1OC. The van der Waals surface area contributed by atoms with E-state index < -0.39 is 0 Å². The van der Waals surface area contributed by atoms with Gasteiger partial charge in [0.05, 0.1) is 31.0 Å². The van der Waals surface area contributed by atoms with Crippen LogP contribution in [0.5, 0.6) is 17.2 Å². The summed E-state index contributed by atoms with van der Waals surface area (Å²) in [5.74, 6) is 1.22. The van der Waals surface area contributed by atoms with Gasteiger partial charge >= 0.3 is 0 Å². The number of thiophene rings is 1. The molecule has 0 fully saturated rings. The second-order valence-electron chi connectivity index (χ2n) is 3.94. The van der Waals surface area contributed by atoms with Crippen LogP contribution < -0.4 is 14.2 Å². The third kappa shape index (κ3) is 2.76. The Balaban J connectivity index is 2.46. The summed E-state index contributed by atoms with van der Waals surface area (Å²) in [6.45, 7) is 0. The zero-order chi connectivity index (χ0) is 14.7. The molecule has 108 valence electrons. The predicted octanol–water partition coefficient (Wildman–Crippen LogP) is 4.40. The van der Waals surface area contributed by atoms with Gasteiger partial charge in [-0.15, -0.1) is 11.3 Å². The average molecular weight is 361 g/mol. The van der Waals surface area contributed by atoms with Gasteiger partial charge in [-0.05, 0) is 17.5 Å². The lowest BCUT2D eigenvalue weighted by Gasteiger charge is -2.15. The Morgan fingerprint density at radius 3 is 2.25 bits per heavy atom. The van der Waals surface area contributed by atoms with Crippen LogP contribution in [0.25, 0.3) is 0 Å². The van der Waals surface area contributed by atoms with E-state index in [0.29, 0.717) is 17.1 Å². The first kappa shape index (κ1) is 15.1. The van der Waals surface area contributed by atoms with E-state index in [4.69, 9.17) is 14.2 Å². The highest BCUT2D eigenvalue weighted by Gasteiger charge is 2.22. The third-order valence-electron chi connectivity index (χ3n) is 2.88. The van der Waals surface area contributed by atoms with E-state index in [-0.39, 0.29) is 10.6 Å². The standard InChI is InChI=1S/C14H14BrFO3S/c1-17-10-4-5-20-14(10)13(15)8-6-11(18-2)12(19-3)7-9(8)16/h4-7,13H,1-3H3. The van der Waals surface area contributed by atoms with Crippen molar-refractivity contribution in [2.24, 2.45) is 0 Å². The quantitative estimate of drug-likeness (QED) is 0.739. The van der Waals surface area contributed by atoms with Crippen molar-refractivity contribution in [2.45, 2.75) is 4.83 Å². The summed E-state index contributed by atoms with van der Waals surface area (Å²) in [7, 11) is 4.59. The van der Waals surface area contributed by atoms with Crippen molar-refractivity contribution in [2.75, 3.05) is 21.3 Å². The fourth-order valence-corrected chi connectivity index (χ4v) is 3.62. The Morgan fingerprint density at radius 2 is 1.65 bits per heavy atom. The van der Waals surface area contributed by atoms with Crippen LogP contribution in [0.4, 0.5) is 4.39 Å². The van der Waals surface area contributed by atoms with Gasteiger partial charge in [0.25, 0.3) is 0 Å². The molecule has 3 nitrogen and oxygen atoms in total. The van der Waals surface area contributed by atoms with Crippen LogP contribution in [-0.4, -0.2) is 21.3 Å². The Morgan fingerprint density at radius 1 is 1.05 bits per heavy atom. The van der Waals surface area contributed by atoms with Gasteiger partial charge in [-0.1, -0.05) is 15.9 Å². The molecule has 2 rings (SSSR count). The molecule has 0 aliphatic heterocycles. The van der Waals surface area contributed by atoms with E-state index in [1.54, 1.807) is 13.2 Å². The molecule has 0 bridgehead atoms. The number of hydrogen-bond donors (Lipinski definition) is 0. The molecular formula is C14H14BrFO3S. The molecule has 20 heavy (non-hydrogen) atoms. The number of alkyl halides is 1. The first-order valence-corrected chi connectivity index (χ1v) is 7.58. The number of hydrogen-bond acceptors (Lipinski definition) is 4. The van der Waals surface area contributed by atoms with Crippen molar-refractivity contribution < 1.29 is 18.6 Å². The monoisotopic (exact) mass is 360 g/mol. The van der Waals surface area contributed by atoms with E-state index in [9.17, 15) is 4.39 Å². The molecule has 0 spiro atoms. The minimum atomic E-state index is -0.361. The van der Waals surface area contributed by atoms with E-state index in [1.807, 2.05) is 11.4 Å². The maximum atomic E-state index is 14.2. The molecular weight excluding hydrogens is 347 g/mol. The second kappa shape index (κ2) is 6.45. The predicted molar refractivity (Wildman–Crippen MR) is 81.1 cm³/mol. The summed E-state index contributed by atoms with van der Waals surface area (Å²) in [4.78, 5) is 0.593. The molecule has 0 aliphatic carbocycles. The van der Waals surface area contributed by atoms with Gasteiger partial charge in [-0.25, -0.2) is 4.39 Å². The highest BCUT2D eigenvalue weighted by molar-refractivity contribution is 9.09. The van der Waals surface area contributed by atoms with Crippen molar-refractivity contribution >= 4 is 27.3 Å². The van der Waals surface area contributed by atoms with Crippen molar-refractivity contribution in [3.8, 4) is 17.2 Å². The van der Waals surface area contributed by atoms with Crippen molar-refractivity contribution in [3.63, 3.8) is 0 Å². The van der Waals surface area contributed by atoms with Gasteiger partial charge in [0.1, 0.15) is 11.6 Å². The minimum absolute atomic E-state index is 0.308. The first-order valence-electron chi connectivity index (χ1n) is 5.79. The summed E-state index contributed by atoms with van der Waals surface area (Å²) in [5.41, 5.74) is 0.475.